The number of hydrogen-bond donors (Lipinski definition) is 1. The molecular weight excluding hydrogens is 240 g/mol. The molecule has 0 unspecified atom stereocenters. The van der Waals surface area contributed by atoms with Gasteiger partial charge in [-0.2, -0.15) is 0 Å². The number of hydrogen-bond acceptors (Lipinski definition) is 2. The summed E-state index contributed by atoms with van der Waals surface area (Å²) in [7, 11) is 0. The smallest absolute Gasteiger partial charge is 0.371 e. The second-order valence-corrected chi connectivity index (χ2v) is 3.79. The van der Waals surface area contributed by atoms with Crippen LogP contribution in [0.25, 0.3) is 11.0 Å². The van der Waals surface area contributed by atoms with Crippen molar-refractivity contribution in [3.63, 3.8) is 0 Å². The molecule has 0 bridgehead atoms. The topological polar surface area (TPSA) is 50.4 Å². The normalized spacial score (nSPS) is 9.94. The zero-order valence-corrected chi connectivity index (χ0v) is 9.62. The predicted molar refractivity (Wildman–Crippen MR) is 65.4 cm³/mol. The molecule has 0 aliphatic heterocycles. The van der Waals surface area contributed by atoms with Crippen LogP contribution in [0.1, 0.15) is 22.5 Å². The van der Waals surface area contributed by atoms with Gasteiger partial charge in [-0.05, 0) is 24.3 Å². The minimum absolute atomic E-state index is 0.0640. The van der Waals surface area contributed by atoms with E-state index in [4.69, 9.17) is 21.1 Å². The quantitative estimate of drug-likeness (QED) is 0.656. The van der Waals surface area contributed by atoms with Crippen molar-refractivity contribution < 1.29 is 14.3 Å². The molecule has 17 heavy (non-hydrogen) atoms. The highest BCUT2D eigenvalue weighted by atomic mass is 35.5. The summed E-state index contributed by atoms with van der Waals surface area (Å²) in [6.07, 6.45) is 0.630. The van der Waals surface area contributed by atoms with E-state index in [0.717, 1.165) is 10.9 Å². The molecule has 2 rings (SSSR count). The summed E-state index contributed by atoms with van der Waals surface area (Å²) in [6.45, 7) is 0. The van der Waals surface area contributed by atoms with Gasteiger partial charge < -0.3 is 9.52 Å². The number of alkyl halides is 1. The van der Waals surface area contributed by atoms with Crippen LogP contribution in [0.4, 0.5) is 0 Å². The Kier molecular flexibility index (Phi) is 3.36. The average molecular weight is 249 g/mol. The van der Waals surface area contributed by atoms with E-state index in [2.05, 4.69) is 11.8 Å². The Balaban J connectivity index is 2.37. The van der Waals surface area contributed by atoms with Gasteiger partial charge in [0, 0.05) is 23.3 Å². The molecule has 1 N–H and O–H groups in total. The van der Waals surface area contributed by atoms with Gasteiger partial charge in [0.1, 0.15) is 5.58 Å². The van der Waals surface area contributed by atoms with E-state index in [1.54, 1.807) is 18.2 Å². The van der Waals surface area contributed by atoms with Gasteiger partial charge in [0.25, 0.3) is 0 Å². The first-order chi connectivity index (χ1) is 8.20. The fourth-order valence-electron chi connectivity index (χ4n) is 1.44. The first-order valence-electron chi connectivity index (χ1n) is 5.02. The van der Waals surface area contributed by atoms with Crippen molar-refractivity contribution in [1.29, 1.82) is 0 Å². The van der Waals surface area contributed by atoms with Crippen LogP contribution < -0.4 is 0 Å². The van der Waals surface area contributed by atoms with Crippen molar-refractivity contribution in [2.45, 2.75) is 6.42 Å². The maximum absolute atomic E-state index is 10.7. The lowest BCUT2D eigenvalue weighted by Crippen LogP contribution is -1.91. The third kappa shape index (κ3) is 2.61. The number of aromatic carboxylic acids is 1. The molecule has 3 nitrogen and oxygen atoms in total. The Labute approximate surface area is 103 Å². The molecular formula is C13H9ClO3. The van der Waals surface area contributed by atoms with Gasteiger partial charge in [-0.25, -0.2) is 4.79 Å². The molecule has 1 heterocycles. The van der Waals surface area contributed by atoms with Crippen LogP contribution in [-0.4, -0.2) is 17.0 Å². The molecule has 1 aromatic heterocycles. The second-order valence-electron chi connectivity index (χ2n) is 3.41. The molecule has 0 amide bonds. The molecule has 1 aromatic carbocycles. The number of benzene rings is 1. The summed E-state index contributed by atoms with van der Waals surface area (Å²) in [5, 5.41) is 9.53. The molecule has 0 atom stereocenters. The van der Waals surface area contributed by atoms with Crippen molar-refractivity contribution >= 4 is 28.5 Å². The van der Waals surface area contributed by atoms with E-state index in [1.807, 2.05) is 0 Å². The van der Waals surface area contributed by atoms with Crippen LogP contribution in [0.5, 0.6) is 0 Å². The van der Waals surface area contributed by atoms with E-state index >= 15 is 0 Å². The molecule has 0 fully saturated rings. The largest absolute Gasteiger partial charge is 0.475 e. The van der Waals surface area contributed by atoms with Crippen LogP contribution in [0, 0.1) is 11.8 Å². The molecule has 86 valence electrons. The van der Waals surface area contributed by atoms with Gasteiger partial charge in [0.15, 0.2) is 0 Å². The van der Waals surface area contributed by atoms with Crippen molar-refractivity contribution in [2.75, 3.05) is 5.88 Å². The molecule has 0 radical (unpaired) electrons. The Hall–Kier alpha value is -1.92. The summed E-state index contributed by atoms with van der Waals surface area (Å²) in [4.78, 5) is 10.7. The minimum atomic E-state index is -1.07. The van der Waals surface area contributed by atoms with Crippen molar-refractivity contribution in [3.05, 3.63) is 35.6 Å². The fraction of sp³-hybridized carbons (Fsp3) is 0.154. The Morgan fingerprint density at radius 1 is 1.41 bits per heavy atom. The molecule has 2 aromatic rings. The van der Waals surface area contributed by atoms with Gasteiger partial charge in [0.05, 0.1) is 0 Å². The SMILES string of the molecule is O=C(O)c1cc2cc(C#CCCCl)ccc2o1. The highest BCUT2D eigenvalue weighted by Crippen LogP contribution is 2.20. The molecule has 0 saturated carbocycles. The number of furan rings is 1. The van der Waals surface area contributed by atoms with Crippen LogP contribution in [0.3, 0.4) is 0 Å². The van der Waals surface area contributed by atoms with Crippen molar-refractivity contribution in [2.24, 2.45) is 0 Å². The maximum atomic E-state index is 10.7. The Morgan fingerprint density at radius 2 is 2.24 bits per heavy atom. The van der Waals surface area contributed by atoms with E-state index in [0.29, 0.717) is 17.9 Å². The number of carboxylic acids is 1. The van der Waals surface area contributed by atoms with Crippen molar-refractivity contribution in [3.8, 4) is 11.8 Å². The minimum Gasteiger partial charge on any atom is -0.475 e. The van der Waals surface area contributed by atoms with Gasteiger partial charge in [-0.15, -0.1) is 11.6 Å². The van der Waals surface area contributed by atoms with Crippen LogP contribution in [0.2, 0.25) is 0 Å². The maximum Gasteiger partial charge on any atom is 0.371 e. The third-order valence-corrected chi connectivity index (χ3v) is 2.37. The number of carbonyl (C=O) groups is 1. The Morgan fingerprint density at radius 3 is 2.94 bits per heavy atom. The number of rotatable bonds is 2. The van der Waals surface area contributed by atoms with Crippen LogP contribution in [0.15, 0.2) is 28.7 Å². The zero-order valence-electron chi connectivity index (χ0n) is 8.87. The number of carboxylic acid groups (broad SMARTS) is 1. The van der Waals surface area contributed by atoms with Crippen molar-refractivity contribution in [1.82, 2.24) is 0 Å². The Bertz CT molecular complexity index is 616. The first kappa shape index (κ1) is 11.6. The molecule has 0 saturated heterocycles. The zero-order chi connectivity index (χ0) is 12.3. The third-order valence-electron chi connectivity index (χ3n) is 2.18. The molecule has 0 spiro atoms. The molecule has 0 aliphatic carbocycles. The van der Waals surface area contributed by atoms with E-state index < -0.39 is 5.97 Å². The number of fused-ring (bicyclic) bond motifs is 1. The number of halogens is 1. The van der Waals surface area contributed by atoms with Gasteiger partial charge in [-0.3, -0.25) is 0 Å². The van der Waals surface area contributed by atoms with E-state index in [-0.39, 0.29) is 5.76 Å². The van der Waals surface area contributed by atoms with Crippen LogP contribution in [-0.2, 0) is 0 Å². The van der Waals surface area contributed by atoms with Gasteiger partial charge in [0.2, 0.25) is 5.76 Å². The van der Waals surface area contributed by atoms with Crippen LogP contribution >= 0.6 is 11.6 Å². The lowest BCUT2D eigenvalue weighted by atomic mass is 10.1. The fourth-order valence-corrected chi connectivity index (χ4v) is 1.53. The highest BCUT2D eigenvalue weighted by molar-refractivity contribution is 6.18. The highest BCUT2D eigenvalue weighted by Gasteiger charge is 2.09. The predicted octanol–water partition coefficient (Wildman–Crippen LogP) is 3.11. The average Bonchev–Trinajstić information content (AvgIpc) is 2.72. The second kappa shape index (κ2) is 4.94. The molecule has 4 heteroatoms. The summed E-state index contributed by atoms with van der Waals surface area (Å²) in [5.74, 6) is 5.24. The summed E-state index contributed by atoms with van der Waals surface area (Å²) in [5.41, 5.74) is 1.37. The van der Waals surface area contributed by atoms with E-state index in [9.17, 15) is 4.79 Å². The lowest BCUT2D eigenvalue weighted by molar-refractivity contribution is 0.0665. The lowest BCUT2D eigenvalue weighted by Gasteiger charge is -1.90. The summed E-state index contributed by atoms with van der Waals surface area (Å²) < 4.78 is 5.14. The first-order valence-corrected chi connectivity index (χ1v) is 5.56. The van der Waals surface area contributed by atoms with E-state index in [1.165, 1.54) is 6.07 Å². The summed E-state index contributed by atoms with van der Waals surface area (Å²) >= 11 is 5.52. The monoisotopic (exact) mass is 248 g/mol. The van der Waals surface area contributed by atoms with Gasteiger partial charge in [-0.1, -0.05) is 11.8 Å². The van der Waals surface area contributed by atoms with Gasteiger partial charge >= 0.3 is 5.97 Å². The molecule has 0 aliphatic rings. The standard InChI is InChI=1S/C13H9ClO3/c14-6-2-1-3-9-4-5-11-10(7-9)8-12(17-11)13(15)16/h4-5,7-8H,2,6H2,(H,15,16). The summed E-state index contributed by atoms with van der Waals surface area (Å²) in [6, 6.07) is 6.79.